The van der Waals surface area contributed by atoms with Crippen LogP contribution in [0.25, 0.3) is 0 Å². The number of hydrogen-bond acceptors (Lipinski definition) is 6. The van der Waals surface area contributed by atoms with Gasteiger partial charge in [0, 0.05) is 30.7 Å². The minimum atomic E-state index is -0.173. The average Bonchev–Trinajstić information content (AvgIpc) is 3.41. The quantitative estimate of drug-likeness (QED) is 0.387. The molecule has 176 valence electrons. The Balaban J connectivity index is 1.40. The molecule has 0 spiro atoms. The van der Waals surface area contributed by atoms with Gasteiger partial charge in [0.2, 0.25) is 0 Å². The zero-order valence-corrected chi connectivity index (χ0v) is 19.8. The highest BCUT2D eigenvalue weighted by atomic mass is 16.6. The Kier molecular flexibility index (Phi) is 5.93. The Morgan fingerprint density at radius 1 is 1.12 bits per heavy atom. The summed E-state index contributed by atoms with van der Waals surface area (Å²) < 4.78 is 0. The molecule has 1 aliphatic heterocycles. The molecule has 0 radical (unpaired) electrons. The third-order valence-electron chi connectivity index (χ3n) is 9.75. The topological polar surface area (TPSA) is 72.3 Å². The second-order valence-corrected chi connectivity index (χ2v) is 11.3. The minimum absolute atomic E-state index is 0.173. The molecule has 0 amide bonds. The maximum absolute atomic E-state index is 12.8. The van der Waals surface area contributed by atoms with Crippen molar-refractivity contribution < 1.29 is 14.5 Å². The molecule has 0 bridgehead atoms. The molecule has 1 saturated heterocycles. The van der Waals surface area contributed by atoms with E-state index in [0.29, 0.717) is 36.1 Å². The first-order valence-corrected chi connectivity index (χ1v) is 12.7. The lowest BCUT2D eigenvalue weighted by atomic mass is 9.45. The molecule has 5 rings (SSSR count). The molecule has 4 saturated carbocycles. The maximum atomic E-state index is 12.8. The molecule has 4 aliphatic carbocycles. The van der Waals surface area contributed by atoms with Crippen molar-refractivity contribution in [2.75, 3.05) is 19.7 Å². The summed E-state index contributed by atoms with van der Waals surface area (Å²) in [7, 11) is 0. The molecule has 0 aromatic rings. The van der Waals surface area contributed by atoms with Crippen LogP contribution in [0.1, 0.15) is 71.6 Å². The van der Waals surface area contributed by atoms with Crippen LogP contribution < -0.4 is 5.32 Å². The number of carbonyl (C=O) groups is 1. The van der Waals surface area contributed by atoms with Crippen LogP contribution in [0.5, 0.6) is 0 Å². The number of Topliss-reactive ketones (excluding diaryl/α,β-unsaturated/α-hetero) is 1. The maximum Gasteiger partial charge on any atom is 0.141 e. The van der Waals surface area contributed by atoms with Gasteiger partial charge in [-0.3, -0.25) is 4.79 Å². The molecule has 1 N–H and O–H groups in total. The minimum Gasteiger partial charge on any atom is -0.392 e. The monoisotopic (exact) mass is 441 g/mol. The number of fused-ring (bicyclic) bond motifs is 5. The standard InChI is InChI=1S/C26H39N3O3/c1-4-13-31-29-22-15-17-14-18(28-32-19-9-12-27-16-19)7-10-25(17,2)21-8-11-26(3)20(24(21)22)5-6-23(26)30/h4,17,19-21,24,27H,1,5-16H2,2-3H3/t17?,19-,20+,21+,24+,25+,26+/m1/s1. The van der Waals surface area contributed by atoms with Gasteiger partial charge in [0.1, 0.15) is 18.5 Å². The SMILES string of the molecule is C=CCON=C1CC2CC(=NO[C@@H]3CCNC3)CC[C@]2(C)[C@H]2CC[C@]3(C)C(=O)CC[C@H]3[C@H]12. The van der Waals surface area contributed by atoms with E-state index in [2.05, 4.69) is 36.1 Å². The lowest BCUT2D eigenvalue weighted by molar-refractivity contribution is -0.131. The Morgan fingerprint density at radius 3 is 2.78 bits per heavy atom. The van der Waals surface area contributed by atoms with Crippen molar-refractivity contribution in [2.45, 2.75) is 77.7 Å². The van der Waals surface area contributed by atoms with Crippen LogP contribution in [0.2, 0.25) is 0 Å². The van der Waals surface area contributed by atoms with E-state index in [0.717, 1.165) is 70.9 Å². The summed E-state index contributed by atoms with van der Waals surface area (Å²) in [6.07, 6.45) is 11.0. The molecule has 1 unspecified atom stereocenters. The zero-order chi connectivity index (χ0) is 22.3. The van der Waals surface area contributed by atoms with Crippen LogP contribution >= 0.6 is 0 Å². The van der Waals surface area contributed by atoms with Crippen molar-refractivity contribution in [3.8, 4) is 0 Å². The number of carbonyl (C=O) groups excluding carboxylic acids is 1. The van der Waals surface area contributed by atoms with Gasteiger partial charge in [-0.2, -0.15) is 0 Å². The van der Waals surface area contributed by atoms with Crippen molar-refractivity contribution >= 4 is 17.2 Å². The third kappa shape index (κ3) is 3.63. The van der Waals surface area contributed by atoms with Crippen LogP contribution in [0.3, 0.4) is 0 Å². The van der Waals surface area contributed by atoms with Gasteiger partial charge in [0.05, 0.1) is 11.4 Å². The predicted molar refractivity (Wildman–Crippen MR) is 125 cm³/mol. The molecule has 0 aromatic heterocycles. The Morgan fingerprint density at radius 2 is 2.00 bits per heavy atom. The van der Waals surface area contributed by atoms with Crippen molar-refractivity contribution in [3.05, 3.63) is 12.7 Å². The van der Waals surface area contributed by atoms with E-state index in [-0.39, 0.29) is 16.9 Å². The molecule has 1 heterocycles. The van der Waals surface area contributed by atoms with E-state index in [4.69, 9.17) is 9.68 Å². The van der Waals surface area contributed by atoms with Gasteiger partial charge in [-0.25, -0.2) is 0 Å². The van der Waals surface area contributed by atoms with Gasteiger partial charge in [0.15, 0.2) is 0 Å². The van der Waals surface area contributed by atoms with Gasteiger partial charge in [-0.1, -0.05) is 36.8 Å². The van der Waals surface area contributed by atoms with E-state index >= 15 is 0 Å². The molecule has 5 aliphatic rings. The Labute approximate surface area is 192 Å². The second kappa shape index (κ2) is 8.58. The fraction of sp³-hybridized carbons (Fsp3) is 0.808. The van der Waals surface area contributed by atoms with Gasteiger partial charge in [-0.15, -0.1) is 0 Å². The van der Waals surface area contributed by atoms with Crippen molar-refractivity contribution in [1.82, 2.24) is 5.32 Å². The summed E-state index contributed by atoms with van der Waals surface area (Å²) >= 11 is 0. The van der Waals surface area contributed by atoms with Crippen LogP contribution in [-0.4, -0.2) is 43.0 Å². The Bertz CT molecular complexity index is 817. The van der Waals surface area contributed by atoms with Crippen LogP contribution in [0, 0.1) is 34.5 Å². The molecule has 0 aromatic carbocycles. The summed E-state index contributed by atoms with van der Waals surface area (Å²) in [6.45, 7) is 10.8. The Hall–Kier alpha value is -1.69. The molecule has 5 fully saturated rings. The van der Waals surface area contributed by atoms with Crippen LogP contribution in [-0.2, 0) is 14.5 Å². The molecule has 7 atom stereocenters. The van der Waals surface area contributed by atoms with Gasteiger partial charge in [0.25, 0.3) is 0 Å². The van der Waals surface area contributed by atoms with Crippen molar-refractivity contribution in [1.29, 1.82) is 0 Å². The van der Waals surface area contributed by atoms with Gasteiger partial charge >= 0.3 is 0 Å². The highest BCUT2D eigenvalue weighted by molar-refractivity contribution is 5.94. The van der Waals surface area contributed by atoms with Crippen molar-refractivity contribution in [2.24, 2.45) is 44.8 Å². The molecule has 32 heavy (non-hydrogen) atoms. The van der Waals surface area contributed by atoms with Crippen molar-refractivity contribution in [3.63, 3.8) is 0 Å². The molecular weight excluding hydrogens is 402 g/mol. The summed E-state index contributed by atoms with van der Waals surface area (Å²) in [5.74, 6) is 2.32. The smallest absolute Gasteiger partial charge is 0.141 e. The number of ketones is 1. The molecule has 6 nitrogen and oxygen atoms in total. The van der Waals surface area contributed by atoms with Crippen LogP contribution in [0.4, 0.5) is 0 Å². The zero-order valence-electron chi connectivity index (χ0n) is 19.8. The number of rotatable bonds is 5. The van der Waals surface area contributed by atoms with Gasteiger partial charge in [-0.05, 0) is 74.7 Å². The van der Waals surface area contributed by atoms with E-state index in [1.54, 1.807) is 6.08 Å². The summed E-state index contributed by atoms with van der Waals surface area (Å²) in [4.78, 5) is 24.4. The highest BCUT2D eigenvalue weighted by Gasteiger charge is 2.62. The molecular formula is C26H39N3O3. The van der Waals surface area contributed by atoms with E-state index in [9.17, 15) is 4.79 Å². The first kappa shape index (κ1) is 22.1. The van der Waals surface area contributed by atoms with E-state index in [1.807, 2.05) is 0 Å². The number of nitrogens with one attached hydrogen (secondary N) is 1. The first-order valence-electron chi connectivity index (χ1n) is 12.7. The summed E-state index contributed by atoms with van der Waals surface area (Å²) in [6, 6.07) is 0. The largest absolute Gasteiger partial charge is 0.392 e. The molecule has 6 heteroatoms. The fourth-order valence-corrected chi connectivity index (χ4v) is 7.76. The fourth-order valence-electron chi connectivity index (χ4n) is 7.76. The average molecular weight is 442 g/mol. The van der Waals surface area contributed by atoms with E-state index < -0.39 is 0 Å². The number of hydrogen-bond donors (Lipinski definition) is 1. The number of oxime groups is 2. The first-order chi connectivity index (χ1) is 15.5. The lowest BCUT2D eigenvalue weighted by Gasteiger charge is -2.59. The van der Waals surface area contributed by atoms with Crippen LogP contribution in [0.15, 0.2) is 23.0 Å². The lowest BCUT2D eigenvalue weighted by Crippen LogP contribution is -2.57. The van der Waals surface area contributed by atoms with E-state index in [1.165, 1.54) is 11.4 Å². The van der Waals surface area contributed by atoms with Gasteiger partial charge < -0.3 is 15.0 Å². The predicted octanol–water partition coefficient (Wildman–Crippen LogP) is 4.50. The highest BCUT2D eigenvalue weighted by Crippen LogP contribution is 2.64. The number of nitrogens with zero attached hydrogens (tertiary/aromatic N) is 2. The normalized spacial score (nSPS) is 45.9. The third-order valence-corrected chi connectivity index (χ3v) is 9.75. The summed E-state index contributed by atoms with van der Waals surface area (Å²) in [5.41, 5.74) is 2.49. The second-order valence-electron chi connectivity index (χ2n) is 11.3. The summed E-state index contributed by atoms with van der Waals surface area (Å²) in [5, 5.41) is 12.6.